The molecule has 2 saturated heterocycles. The number of hydrogen-bond acceptors (Lipinski definition) is 5. The van der Waals surface area contributed by atoms with Gasteiger partial charge in [-0.3, -0.25) is 9.10 Å². The molecular weight excluding hydrogens is 344 g/mol. The summed E-state index contributed by atoms with van der Waals surface area (Å²) >= 11 is 0. The van der Waals surface area contributed by atoms with Crippen molar-refractivity contribution in [2.75, 3.05) is 43.4 Å². The van der Waals surface area contributed by atoms with Gasteiger partial charge in [0.05, 0.1) is 25.2 Å². The number of ether oxygens (including phenoxy) is 2. The van der Waals surface area contributed by atoms with Crippen molar-refractivity contribution in [1.82, 2.24) is 4.90 Å². The highest BCUT2D eigenvalue weighted by atomic mass is 32.2. The van der Waals surface area contributed by atoms with Gasteiger partial charge in [-0.15, -0.1) is 0 Å². The molecule has 7 nitrogen and oxygen atoms in total. The summed E-state index contributed by atoms with van der Waals surface area (Å²) < 4.78 is 36.4. The lowest BCUT2D eigenvalue weighted by molar-refractivity contribution is -0.181. The first-order chi connectivity index (χ1) is 11.9. The Kier molecular flexibility index (Phi) is 4.01. The summed E-state index contributed by atoms with van der Waals surface area (Å²) in [7, 11) is -3.27. The van der Waals surface area contributed by atoms with Crippen LogP contribution >= 0.6 is 0 Å². The van der Waals surface area contributed by atoms with E-state index in [1.54, 1.807) is 12.1 Å². The number of nitrogens with zero attached hydrogens (tertiary/aromatic N) is 2. The Morgan fingerprint density at radius 2 is 1.80 bits per heavy atom. The number of carbonyl (C=O) groups is 1. The lowest BCUT2D eigenvalue weighted by atomic mass is 10.0. The molecule has 136 valence electrons. The van der Waals surface area contributed by atoms with Crippen molar-refractivity contribution in [2.45, 2.75) is 25.0 Å². The number of hydrogen-bond donors (Lipinski definition) is 0. The van der Waals surface area contributed by atoms with Gasteiger partial charge in [-0.2, -0.15) is 0 Å². The standard InChI is InChI=1S/C17H22N2O5S/c1-25(21,22)19-7-4-13-12-14(2-3-15(13)19)16(20)18-8-5-17(6-9-18)23-10-11-24-17/h2-3,12H,4-11H2,1H3. The number of fused-ring (bicyclic) bond motifs is 1. The summed E-state index contributed by atoms with van der Waals surface area (Å²) in [5.41, 5.74) is 2.20. The maximum atomic E-state index is 12.8. The molecule has 3 heterocycles. The molecule has 2 fully saturated rings. The monoisotopic (exact) mass is 366 g/mol. The highest BCUT2D eigenvalue weighted by Gasteiger charge is 2.41. The predicted octanol–water partition coefficient (Wildman–Crippen LogP) is 0.988. The molecule has 0 unspecified atom stereocenters. The van der Waals surface area contributed by atoms with Crippen molar-refractivity contribution in [3.05, 3.63) is 29.3 Å². The third-order valence-electron chi connectivity index (χ3n) is 5.21. The van der Waals surface area contributed by atoms with Crippen LogP contribution in [-0.4, -0.2) is 64.1 Å². The van der Waals surface area contributed by atoms with Gasteiger partial charge in [0.1, 0.15) is 0 Å². The van der Waals surface area contributed by atoms with E-state index in [0.29, 0.717) is 63.4 Å². The summed E-state index contributed by atoms with van der Waals surface area (Å²) in [5.74, 6) is -0.515. The zero-order valence-electron chi connectivity index (χ0n) is 14.2. The van der Waals surface area contributed by atoms with Crippen LogP contribution in [0.4, 0.5) is 5.69 Å². The second kappa shape index (κ2) is 5.96. The molecule has 0 N–H and O–H groups in total. The van der Waals surface area contributed by atoms with E-state index in [9.17, 15) is 13.2 Å². The van der Waals surface area contributed by atoms with E-state index in [1.165, 1.54) is 10.6 Å². The van der Waals surface area contributed by atoms with E-state index < -0.39 is 15.8 Å². The van der Waals surface area contributed by atoms with E-state index in [-0.39, 0.29) is 5.91 Å². The number of benzene rings is 1. The van der Waals surface area contributed by atoms with Crippen molar-refractivity contribution in [3.63, 3.8) is 0 Å². The van der Waals surface area contributed by atoms with Crippen LogP contribution in [0.2, 0.25) is 0 Å². The highest BCUT2D eigenvalue weighted by molar-refractivity contribution is 7.92. The molecule has 0 bridgehead atoms. The minimum atomic E-state index is -3.27. The number of carbonyl (C=O) groups excluding carboxylic acids is 1. The minimum absolute atomic E-state index is 0.0200. The quantitative estimate of drug-likeness (QED) is 0.780. The number of piperidine rings is 1. The Morgan fingerprint density at radius 3 is 2.44 bits per heavy atom. The average Bonchev–Trinajstić information content (AvgIpc) is 3.21. The van der Waals surface area contributed by atoms with Gasteiger partial charge in [0.25, 0.3) is 5.91 Å². The van der Waals surface area contributed by atoms with Gasteiger partial charge in [-0.05, 0) is 30.2 Å². The second-order valence-electron chi connectivity index (χ2n) is 6.83. The molecule has 1 aromatic carbocycles. The molecular formula is C17H22N2O5S. The zero-order valence-corrected chi connectivity index (χ0v) is 15.0. The fourth-order valence-corrected chi connectivity index (χ4v) is 4.83. The molecule has 0 radical (unpaired) electrons. The van der Waals surface area contributed by atoms with E-state index in [2.05, 4.69) is 0 Å². The van der Waals surface area contributed by atoms with Crippen molar-refractivity contribution >= 4 is 21.6 Å². The molecule has 0 saturated carbocycles. The molecule has 4 rings (SSSR count). The predicted molar refractivity (Wildman–Crippen MR) is 92.1 cm³/mol. The first-order valence-electron chi connectivity index (χ1n) is 8.56. The number of likely N-dealkylation sites (tertiary alicyclic amines) is 1. The lowest BCUT2D eigenvalue weighted by Crippen LogP contribution is -2.47. The molecule has 3 aliphatic heterocycles. The normalized spacial score (nSPS) is 22.4. The van der Waals surface area contributed by atoms with Gasteiger partial charge < -0.3 is 14.4 Å². The fraction of sp³-hybridized carbons (Fsp3) is 0.588. The summed E-state index contributed by atoms with van der Waals surface area (Å²) in [6.07, 6.45) is 3.21. The molecule has 8 heteroatoms. The van der Waals surface area contributed by atoms with Crippen molar-refractivity contribution in [2.24, 2.45) is 0 Å². The second-order valence-corrected chi connectivity index (χ2v) is 8.74. The Labute approximate surface area is 147 Å². The van der Waals surface area contributed by atoms with Crippen LogP contribution in [0.15, 0.2) is 18.2 Å². The van der Waals surface area contributed by atoms with Gasteiger partial charge >= 0.3 is 0 Å². The molecule has 0 atom stereocenters. The largest absolute Gasteiger partial charge is 0.347 e. The maximum Gasteiger partial charge on any atom is 0.253 e. The van der Waals surface area contributed by atoms with Gasteiger partial charge in [-0.25, -0.2) is 8.42 Å². The van der Waals surface area contributed by atoms with Crippen LogP contribution in [-0.2, 0) is 25.9 Å². The van der Waals surface area contributed by atoms with Crippen molar-refractivity contribution in [1.29, 1.82) is 0 Å². The van der Waals surface area contributed by atoms with Gasteiger partial charge in [0.15, 0.2) is 5.79 Å². The maximum absolute atomic E-state index is 12.8. The molecule has 3 aliphatic rings. The molecule has 1 amide bonds. The highest BCUT2D eigenvalue weighted by Crippen LogP contribution is 2.33. The molecule has 1 spiro atoms. The van der Waals surface area contributed by atoms with Crippen molar-refractivity contribution in [3.8, 4) is 0 Å². The van der Waals surface area contributed by atoms with Gasteiger partial charge in [0, 0.05) is 38.0 Å². The SMILES string of the molecule is CS(=O)(=O)N1CCc2cc(C(=O)N3CCC4(CC3)OCCO4)ccc21. The molecule has 1 aromatic rings. The van der Waals surface area contributed by atoms with Crippen LogP contribution in [0.5, 0.6) is 0 Å². The number of amides is 1. The first kappa shape index (κ1) is 16.8. The van der Waals surface area contributed by atoms with E-state index in [4.69, 9.17) is 9.47 Å². The van der Waals surface area contributed by atoms with Crippen LogP contribution in [0, 0.1) is 0 Å². The first-order valence-corrected chi connectivity index (χ1v) is 10.4. The molecule has 0 aliphatic carbocycles. The van der Waals surface area contributed by atoms with E-state index in [0.717, 1.165) is 5.56 Å². The van der Waals surface area contributed by atoms with E-state index in [1.807, 2.05) is 11.0 Å². The van der Waals surface area contributed by atoms with Gasteiger partial charge in [-0.1, -0.05) is 0 Å². The number of sulfonamides is 1. The van der Waals surface area contributed by atoms with Gasteiger partial charge in [0.2, 0.25) is 10.0 Å². The zero-order chi connectivity index (χ0) is 17.7. The summed E-state index contributed by atoms with van der Waals surface area (Å²) in [4.78, 5) is 14.6. The summed E-state index contributed by atoms with van der Waals surface area (Å²) in [6.45, 7) is 2.88. The van der Waals surface area contributed by atoms with Crippen LogP contribution in [0.3, 0.4) is 0 Å². The summed E-state index contributed by atoms with van der Waals surface area (Å²) in [5, 5.41) is 0. The topological polar surface area (TPSA) is 76.2 Å². The number of anilines is 1. The van der Waals surface area contributed by atoms with Crippen molar-refractivity contribution < 1.29 is 22.7 Å². The Morgan fingerprint density at radius 1 is 1.12 bits per heavy atom. The van der Waals surface area contributed by atoms with Crippen LogP contribution in [0.1, 0.15) is 28.8 Å². The average molecular weight is 366 g/mol. The van der Waals surface area contributed by atoms with Crippen LogP contribution < -0.4 is 4.31 Å². The Hall–Kier alpha value is -1.64. The Balaban J connectivity index is 1.49. The summed E-state index contributed by atoms with van der Waals surface area (Å²) in [6, 6.07) is 5.29. The molecule has 25 heavy (non-hydrogen) atoms. The van der Waals surface area contributed by atoms with E-state index >= 15 is 0 Å². The smallest absolute Gasteiger partial charge is 0.253 e. The minimum Gasteiger partial charge on any atom is -0.347 e. The third-order valence-corrected chi connectivity index (χ3v) is 6.39. The Bertz CT molecular complexity index is 791. The number of rotatable bonds is 2. The third kappa shape index (κ3) is 3.02. The molecule has 0 aromatic heterocycles. The van der Waals surface area contributed by atoms with Crippen LogP contribution in [0.25, 0.3) is 0 Å². The lowest BCUT2D eigenvalue weighted by Gasteiger charge is -2.37. The fourth-order valence-electron chi connectivity index (χ4n) is 3.87.